The minimum absolute atomic E-state index is 0.206. The monoisotopic (exact) mass is 224 g/mol. The molecule has 3 heteroatoms. The second kappa shape index (κ2) is 3.73. The predicted octanol–water partition coefficient (Wildman–Crippen LogP) is 2.54. The molecule has 0 aromatic heterocycles. The van der Waals surface area contributed by atoms with Crippen LogP contribution in [0.3, 0.4) is 0 Å². The van der Waals surface area contributed by atoms with Gasteiger partial charge in [-0.05, 0) is 18.8 Å². The standard InChI is InChI=1S/C13H21NO2/c1-9(2)10-8-15-12(14-10)11-13(16-11)6-4-3-5-7-13/h9-11H,3-8H2,1-2H3/t10-,11+/m1/s1/i11D. The fourth-order valence-corrected chi connectivity index (χ4v) is 2.72. The Bertz CT molecular complexity index is 349. The van der Waals surface area contributed by atoms with Gasteiger partial charge in [-0.1, -0.05) is 33.1 Å². The maximum absolute atomic E-state index is 8.44. The molecule has 0 amide bonds. The molecule has 3 rings (SSSR count). The van der Waals surface area contributed by atoms with E-state index in [0.717, 1.165) is 12.8 Å². The molecular weight excluding hydrogens is 202 g/mol. The third kappa shape index (κ3) is 1.65. The lowest BCUT2D eigenvalue weighted by Gasteiger charge is -2.17. The van der Waals surface area contributed by atoms with Crippen molar-refractivity contribution in [2.75, 3.05) is 6.61 Å². The van der Waals surface area contributed by atoms with Crippen LogP contribution in [0.5, 0.6) is 0 Å². The molecule has 2 heterocycles. The maximum Gasteiger partial charge on any atom is 0.216 e. The Hall–Kier alpha value is -0.570. The van der Waals surface area contributed by atoms with Crippen LogP contribution in [0.1, 0.15) is 47.3 Å². The van der Waals surface area contributed by atoms with Crippen molar-refractivity contribution in [2.45, 2.75) is 63.7 Å². The molecule has 0 radical (unpaired) electrons. The summed E-state index contributed by atoms with van der Waals surface area (Å²) in [5, 5.41) is 0. The van der Waals surface area contributed by atoms with Crippen LogP contribution < -0.4 is 0 Å². The van der Waals surface area contributed by atoms with Crippen LogP contribution in [0.4, 0.5) is 0 Å². The van der Waals surface area contributed by atoms with Gasteiger partial charge in [0.25, 0.3) is 0 Å². The summed E-state index contributed by atoms with van der Waals surface area (Å²) >= 11 is 0. The van der Waals surface area contributed by atoms with Crippen molar-refractivity contribution in [2.24, 2.45) is 10.9 Å². The number of hydrogen-bond acceptors (Lipinski definition) is 3. The number of aliphatic imine (C=N–C) groups is 1. The molecule has 3 nitrogen and oxygen atoms in total. The maximum atomic E-state index is 8.44. The molecule has 1 spiro atoms. The normalized spacial score (nSPS) is 41.8. The van der Waals surface area contributed by atoms with Gasteiger partial charge in [0, 0.05) is 0 Å². The summed E-state index contributed by atoms with van der Waals surface area (Å²) in [6, 6.07) is 0.206. The Kier molecular flexibility index (Phi) is 2.20. The first kappa shape index (κ1) is 9.46. The molecule has 1 saturated carbocycles. The number of hydrogen-bond donors (Lipinski definition) is 0. The summed E-state index contributed by atoms with van der Waals surface area (Å²) in [6.07, 6.45) is 4.62. The summed E-state index contributed by atoms with van der Waals surface area (Å²) in [5.74, 6) is 1.01. The molecule has 0 N–H and O–H groups in total. The van der Waals surface area contributed by atoms with Gasteiger partial charge in [-0.2, -0.15) is 0 Å². The van der Waals surface area contributed by atoms with E-state index < -0.39 is 6.08 Å². The fourth-order valence-electron chi connectivity index (χ4n) is 2.72. The molecule has 16 heavy (non-hydrogen) atoms. The first-order valence-corrected chi connectivity index (χ1v) is 6.49. The van der Waals surface area contributed by atoms with Gasteiger partial charge < -0.3 is 9.47 Å². The zero-order valence-corrected chi connectivity index (χ0v) is 10.2. The number of nitrogens with zero attached hydrogens (tertiary/aromatic N) is 1. The van der Waals surface area contributed by atoms with Crippen molar-refractivity contribution in [3.05, 3.63) is 0 Å². The minimum atomic E-state index is -0.961. The van der Waals surface area contributed by atoms with Gasteiger partial charge in [0.05, 0.1) is 7.41 Å². The number of epoxide rings is 1. The zero-order valence-electron chi connectivity index (χ0n) is 11.2. The third-order valence-corrected chi connectivity index (χ3v) is 3.97. The van der Waals surface area contributed by atoms with Crippen LogP contribution in [0.2, 0.25) is 0 Å². The Balaban J connectivity index is 1.76. The second-order valence-corrected chi connectivity index (χ2v) is 5.54. The molecule has 0 bridgehead atoms. The van der Waals surface area contributed by atoms with Crippen molar-refractivity contribution in [1.29, 1.82) is 0 Å². The molecule has 3 aliphatic rings. The van der Waals surface area contributed by atoms with Crippen LogP contribution in [0.15, 0.2) is 4.99 Å². The minimum Gasteiger partial charge on any atom is -0.477 e. The number of rotatable bonds is 2. The molecule has 1 aliphatic carbocycles. The Morgan fingerprint density at radius 2 is 2.12 bits per heavy atom. The van der Waals surface area contributed by atoms with Gasteiger partial charge in [0.15, 0.2) is 6.08 Å². The smallest absolute Gasteiger partial charge is 0.216 e. The molecule has 1 saturated heterocycles. The Morgan fingerprint density at radius 1 is 1.38 bits per heavy atom. The average Bonchev–Trinajstić information content (AvgIpc) is 2.72. The van der Waals surface area contributed by atoms with Gasteiger partial charge in [0.2, 0.25) is 5.90 Å². The van der Waals surface area contributed by atoms with Gasteiger partial charge in [-0.3, -0.25) is 0 Å². The largest absolute Gasteiger partial charge is 0.477 e. The fraction of sp³-hybridized carbons (Fsp3) is 0.923. The lowest BCUT2D eigenvalue weighted by atomic mass is 9.86. The summed E-state index contributed by atoms with van der Waals surface area (Å²) in [6.45, 7) is 4.90. The van der Waals surface area contributed by atoms with E-state index in [1.807, 2.05) is 0 Å². The van der Waals surface area contributed by atoms with E-state index in [4.69, 9.17) is 10.8 Å². The highest BCUT2D eigenvalue weighted by Crippen LogP contribution is 2.49. The summed E-state index contributed by atoms with van der Waals surface area (Å²) in [7, 11) is 0. The molecule has 0 unspecified atom stereocenters. The first-order valence-electron chi connectivity index (χ1n) is 6.99. The van der Waals surface area contributed by atoms with Gasteiger partial charge in [-0.15, -0.1) is 0 Å². The second-order valence-electron chi connectivity index (χ2n) is 5.54. The lowest BCUT2D eigenvalue weighted by molar-refractivity contribution is 0.233. The molecule has 2 atom stereocenters. The SMILES string of the molecule is [2H][C@@]1(C2=N[C@@H](C(C)C)CO2)OC12CCCCC2. The first-order chi connectivity index (χ1) is 8.07. The van der Waals surface area contributed by atoms with E-state index in [1.165, 1.54) is 19.3 Å². The highest BCUT2D eigenvalue weighted by molar-refractivity contribution is 5.86. The number of ether oxygens (including phenoxy) is 2. The van der Waals surface area contributed by atoms with Crippen molar-refractivity contribution in [3.8, 4) is 0 Å². The van der Waals surface area contributed by atoms with E-state index in [9.17, 15) is 0 Å². The van der Waals surface area contributed by atoms with Gasteiger partial charge in [-0.25, -0.2) is 4.99 Å². The van der Waals surface area contributed by atoms with Crippen molar-refractivity contribution in [1.82, 2.24) is 0 Å². The van der Waals surface area contributed by atoms with E-state index in [-0.39, 0.29) is 11.6 Å². The topological polar surface area (TPSA) is 34.1 Å². The highest BCUT2D eigenvalue weighted by atomic mass is 16.6. The van der Waals surface area contributed by atoms with Crippen molar-refractivity contribution in [3.63, 3.8) is 0 Å². The molecule has 0 aromatic carbocycles. The van der Waals surface area contributed by atoms with Gasteiger partial charge >= 0.3 is 0 Å². The molecule has 2 aliphatic heterocycles. The van der Waals surface area contributed by atoms with Crippen LogP contribution >= 0.6 is 0 Å². The van der Waals surface area contributed by atoms with Gasteiger partial charge in [0.1, 0.15) is 12.2 Å². The zero-order chi connectivity index (χ0) is 12.1. The summed E-state index contributed by atoms with van der Waals surface area (Å²) < 4.78 is 19.8. The van der Waals surface area contributed by atoms with E-state index in [0.29, 0.717) is 18.4 Å². The summed E-state index contributed by atoms with van der Waals surface area (Å²) in [5.41, 5.74) is -0.268. The molecule has 90 valence electrons. The average molecular weight is 224 g/mol. The Morgan fingerprint density at radius 3 is 2.75 bits per heavy atom. The quantitative estimate of drug-likeness (QED) is 0.675. The predicted molar refractivity (Wildman–Crippen MR) is 62.7 cm³/mol. The molecule has 0 aromatic rings. The van der Waals surface area contributed by atoms with Crippen molar-refractivity contribution < 1.29 is 10.8 Å². The lowest BCUT2D eigenvalue weighted by Crippen LogP contribution is -2.23. The molecular formula is C13H21NO2. The van der Waals surface area contributed by atoms with Crippen LogP contribution in [-0.2, 0) is 9.47 Å². The van der Waals surface area contributed by atoms with E-state index in [2.05, 4.69) is 18.8 Å². The highest BCUT2D eigenvalue weighted by Gasteiger charge is 2.60. The summed E-state index contributed by atoms with van der Waals surface area (Å²) in [4.78, 5) is 4.55. The van der Waals surface area contributed by atoms with E-state index >= 15 is 0 Å². The third-order valence-electron chi connectivity index (χ3n) is 3.97. The van der Waals surface area contributed by atoms with Crippen LogP contribution in [0.25, 0.3) is 0 Å². The Labute approximate surface area is 98.6 Å². The van der Waals surface area contributed by atoms with E-state index in [1.54, 1.807) is 0 Å². The molecule has 2 fully saturated rings. The van der Waals surface area contributed by atoms with Crippen LogP contribution in [0, 0.1) is 5.92 Å². The van der Waals surface area contributed by atoms with Crippen LogP contribution in [-0.4, -0.2) is 30.2 Å². The van der Waals surface area contributed by atoms with Crippen molar-refractivity contribution >= 4 is 5.90 Å².